The van der Waals surface area contributed by atoms with Crippen molar-refractivity contribution in [1.82, 2.24) is 9.80 Å². The van der Waals surface area contributed by atoms with Crippen LogP contribution < -0.4 is 4.74 Å². The summed E-state index contributed by atoms with van der Waals surface area (Å²) in [4.78, 5) is 16.9. The van der Waals surface area contributed by atoms with E-state index in [1.807, 2.05) is 30.9 Å². The molecule has 1 fully saturated rings. The number of hydrogen-bond acceptors (Lipinski definition) is 4. The third-order valence-electron chi connectivity index (χ3n) is 4.99. The molecule has 0 N–H and O–H groups in total. The molecule has 1 aliphatic heterocycles. The van der Waals surface area contributed by atoms with Gasteiger partial charge in [-0.1, -0.05) is 6.92 Å². The molecule has 134 valence electrons. The Labute approximate surface area is 148 Å². The molecule has 0 spiro atoms. The topological polar surface area (TPSA) is 45.9 Å². The summed E-state index contributed by atoms with van der Waals surface area (Å²) in [5, 5.41) is 1.05. The van der Waals surface area contributed by atoms with Crippen LogP contribution in [0.15, 0.2) is 28.9 Å². The predicted octanol–water partition coefficient (Wildman–Crippen LogP) is 3.32. The van der Waals surface area contributed by atoms with Crippen LogP contribution in [0.3, 0.4) is 0 Å². The van der Waals surface area contributed by atoms with E-state index in [4.69, 9.17) is 9.15 Å². The van der Waals surface area contributed by atoms with Gasteiger partial charge in [-0.05, 0) is 37.6 Å². The number of allylic oxidation sites excluding steroid dienone is 1. The van der Waals surface area contributed by atoms with Crippen LogP contribution in [-0.4, -0.2) is 55.5 Å². The maximum atomic E-state index is 12.6. The Morgan fingerprint density at radius 3 is 2.64 bits per heavy atom. The van der Waals surface area contributed by atoms with E-state index < -0.39 is 0 Å². The van der Waals surface area contributed by atoms with Gasteiger partial charge in [-0.25, -0.2) is 0 Å². The zero-order valence-corrected chi connectivity index (χ0v) is 15.5. The van der Waals surface area contributed by atoms with Gasteiger partial charge < -0.3 is 19.0 Å². The van der Waals surface area contributed by atoms with Gasteiger partial charge in [-0.2, -0.15) is 0 Å². The Morgan fingerprint density at radius 2 is 2.00 bits per heavy atom. The van der Waals surface area contributed by atoms with Crippen molar-refractivity contribution in [2.45, 2.75) is 20.8 Å². The van der Waals surface area contributed by atoms with Crippen molar-refractivity contribution in [2.24, 2.45) is 0 Å². The highest BCUT2D eigenvalue weighted by Crippen LogP contribution is 2.33. The predicted molar refractivity (Wildman–Crippen MR) is 99.8 cm³/mol. The summed E-state index contributed by atoms with van der Waals surface area (Å²) in [6.07, 6.45) is 3.46. The van der Waals surface area contributed by atoms with E-state index in [1.54, 1.807) is 19.4 Å². The molecule has 5 nitrogen and oxygen atoms in total. The van der Waals surface area contributed by atoms with Crippen molar-refractivity contribution in [3.05, 3.63) is 35.6 Å². The van der Waals surface area contributed by atoms with Crippen LogP contribution in [0.25, 0.3) is 16.5 Å². The molecule has 0 radical (unpaired) electrons. The van der Waals surface area contributed by atoms with E-state index in [9.17, 15) is 4.79 Å². The second kappa shape index (κ2) is 7.31. The lowest BCUT2D eigenvalue weighted by atomic mass is 10.0. The number of amides is 1. The maximum Gasteiger partial charge on any atom is 0.246 e. The number of hydrogen-bond donors (Lipinski definition) is 0. The summed E-state index contributed by atoms with van der Waals surface area (Å²) in [5.74, 6) is 0.790. The van der Waals surface area contributed by atoms with Crippen LogP contribution in [0.4, 0.5) is 0 Å². The van der Waals surface area contributed by atoms with Gasteiger partial charge in [0.2, 0.25) is 5.91 Å². The van der Waals surface area contributed by atoms with Gasteiger partial charge in [0.15, 0.2) is 0 Å². The normalized spacial score (nSPS) is 16.5. The summed E-state index contributed by atoms with van der Waals surface area (Å²) in [6, 6.07) is 3.93. The molecule has 0 atom stereocenters. The molecule has 0 bridgehead atoms. The van der Waals surface area contributed by atoms with Crippen LogP contribution in [0, 0.1) is 6.92 Å². The number of nitrogens with zero attached hydrogens (tertiary/aromatic N) is 2. The number of likely N-dealkylation sites (N-methyl/N-ethyl adjacent to an activating group) is 1. The van der Waals surface area contributed by atoms with E-state index in [-0.39, 0.29) is 5.91 Å². The molecule has 2 heterocycles. The molecular formula is C20H26N2O3. The first kappa shape index (κ1) is 17.5. The minimum atomic E-state index is 0.0688. The van der Waals surface area contributed by atoms with Crippen LogP contribution in [0.1, 0.15) is 25.0 Å². The number of furan rings is 1. The summed E-state index contributed by atoms with van der Waals surface area (Å²) in [6.45, 7) is 10.6. The first-order valence-corrected chi connectivity index (χ1v) is 8.79. The van der Waals surface area contributed by atoms with Crippen molar-refractivity contribution in [1.29, 1.82) is 0 Å². The number of rotatable bonds is 4. The molecule has 1 saturated heterocycles. The lowest BCUT2D eigenvalue weighted by Gasteiger charge is -2.33. The minimum Gasteiger partial charge on any atom is -0.496 e. The van der Waals surface area contributed by atoms with E-state index in [2.05, 4.69) is 11.8 Å². The molecule has 25 heavy (non-hydrogen) atoms. The molecule has 1 aromatic carbocycles. The third-order valence-corrected chi connectivity index (χ3v) is 4.99. The summed E-state index contributed by atoms with van der Waals surface area (Å²) >= 11 is 0. The summed E-state index contributed by atoms with van der Waals surface area (Å²) in [5.41, 5.74) is 3.71. The first-order valence-electron chi connectivity index (χ1n) is 8.79. The average molecular weight is 342 g/mol. The molecular weight excluding hydrogens is 316 g/mol. The Kier molecular flexibility index (Phi) is 5.13. The van der Waals surface area contributed by atoms with Gasteiger partial charge in [0.05, 0.1) is 13.4 Å². The van der Waals surface area contributed by atoms with Crippen LogP contribution >= 0.6 is 0 Å². The van der Waals surface area contributed by atoms with Gasteiger partial charge in [-0.15, -0.1) is 0 Å². The second-order valence-corrected chi connectivity index (χ2v) is 6.55. The summed E-state index contributed by atoms with van der Waals surface area (Å²) in [7, 11) is 1.64. The van der Waals surface area contributed by atoms with Gasteiger partial charge in [-0.3, -0.25) is 4.79 Å². The summed E-state index contributed by atoms with van der Waals surface area (Å²) < 4.78 is 11.1. The number of methoxy groups -OCH3 is 1. The fraction of sp³-hybridized carbons (Fsp3) is 0.450. The highest BCUT2D eigenvalue weighted by molar-refractivity contribution is 5.97. The van der Waals surface area contributed by atoms with Crippen molar-refractivity contribution >= 4 is 22.4 Å². The van der Waals surface area contributed by atoms with Crippen molar-refractivity contribution < 1.29 is 13.9 Å². The molecule has 1 aliphatic rings. The van der Waals surface area contributed by atoms with Crippen molar-refractivity contribution in [3.63, 3.8) is 0 Å². The van der Waals surface area contributed by atoms with Gasteiger partial charge in [0.25, 0.3) is 0 Å². The molecule has 0 saturated carbocycles. The van der Waals surface area contributed by atoms with Gasteiger partial charge in [0, 0.05) is 49.3 Å². The van der Waals surface area contributed by atoms with Crippen LogP contribution in [0.2, 0.25) is 0 Å². The van der Waals surface area contributed by atoms with Crippen LogP contribution in [-0.2, 0) is 4.79 Å². The van der Waals surface area contributed by atoms with Crippen molar-refractivity contribution in [2.75, 3.05) is 39.8 Å². The zero-order valence-electron chi connectivity index (χ0n) is 15.5. The average Bonchev–Trinajstić information content (AvgIpc) is 3.00. The largest absolute Gasteiger partial charge is 0.496 e. The third kappa shape index (κ3) is 3.56. The number of ether oxygens (including phenoxy) is 1. The smallest absolute Gasteiger partial charge is 0.246 e. The number of benzene rings is 1. The lowest BCUT2D eigenvalue weighted by Crippen LogP contribution is -2.48. The quantitative estimate of drug-likeness (QED) is 0.800. The first-order chi connectivity index (χ1) is 12.0. The standard InChI is InChI=1S/C20H26N2O3/c1-5-21-6-8-22(9-7-21)20(23)10-14(2)16-11-17-15(3)13-25-19(17)12-18(16)24-4/h10-13H,5-9H2,1-4H3/b14-10+. The second-order valence-electron chi connectivity index (χ2n) is 6.55. The lowest BCUT2D eigenvalue weighted by molar-refractivity contribution is -0.127. The Bertz CT molecular complexity index is 799. The molecule has 1 amide bonds. The number of aryl methyl sites for hydroxylation is 1. The molecule has 5 heteroatoms. The zero-order chi connectivity index (χ0) is 18.0. The number of piperazine rings is 1. The van der Waals surface area contributed by atoms with E-state index >= 15 is 0 Å². The van der Waals surface area contributed by atoms with E-state index in [0.717, 1.165) is 66.1 Å². The Hall–Kier alpha value is -2.27. The molecule has 1 aromatic heterocycles. The van der Waals surface area contributed by atoms with Gasteiger partial charge in [0.1, 0.15) is 11.3 Å². The number of fused-ring (bicyclic) bond motifs is 1. The maximum absolute atomic E-state index is 12.6. The molecule has 0 unspecified atom stereocenters. The number of carbonyl (C=O) groups excluding carboxylic acids is 1. The fourth-order valence-corrected chi connectivity index (χ4v) is 3.30. The minimum absolute atomic E-state index is 0.0688. The monoisotopic (exact) mass is 342 g/mol. The SMILES string of the molecule is CCN1CCN(C(=O)/C=C(\C)c2cc3c(C)coc3cc2OC)CC1. The van der Waals surface area contributed by atoms with Crippen LogP contribution in [0.5, 0.6) is 5.75 Å². The van der Waals surface area contributed by atoms with E-state index in [1.165, 1.54) is 0 Å². The molecule has 2 aromatic rings. The Balaban J connectivity index is 1.85. The van der Waals surface area contributed by atoms with Crippen molar-refractivity contribution in [3.8, 4) is 5.75 Å². The fourth-order valence-electron chi connectivity index (χ4n) is 3.30. The molecule has 3 rings (SSSR count). The molecule has 0 aliphatic carbocycles. The highest BCUT2D eigenvalue weighted by atomic mass is 16.5. The van der Waals surface area contributed by atoms with Gasteiger partial charge >= 0.3 is 0 Å². The number of carbonyl (C=O) groups is 1. The van der Waals surface area contributed by atoms with E-state index in [0.29, 0.717) is 0 Å². The Morgan fingerprint density at radius 1 is 1.28 bits per heavy atom. The highest BCUT2D eigenvalue weighted by Gasteiger charge is 2.19.